The number of aliphatic imine (C=N–C) groups is 1. The van der Waals surface area contributed by atoms with Crippen LogP contribution in [0.3, 0.4) is 0 Å². The monoisotopic (exact) mass is 543 g/mol. The van der Waals surface area contributed by atoms with Crippen LogP contribution in [-0.4, -0.2) is 15.9 Å². The van der Waals surface area contributed by atoms with Crippen molar-refractivity contribution in [3.8, 4) is 0 Å². The molecule has 5 nitrogen and oxygen atoms in total. The Morgan fingerprint density at radius 3 is 1.64 bits per heavy atom. The zero-order chi connectivity index (χ0) is 24.6. The maximum Gasteiger partial charge on any atom is 0.198 e. The molecule has 0 unspecified atom stereocenters. The van der Waals surface area contributed by atoms with Gasteiger partial charge in [-0.1, -0.05) is 60.7 Å². The molecule has 6 rings (SSSR count). The number of aromatic nitrogens is 2. The van der Waals surface area contributed by atoms with E-state index in [0.29, 0.717) is 5.96 Å². The smallest absolute Gasteiger partial charge is 0.198 e. The molecule has 0 aliphatic carbocycles. The molecule has 0 atom stereocenters. The molecule has 0 saturated heterocycles. The highest BCUT2D eigenvalue weighted by molar-refractivity contribution is 8.77. The molecule has 0 radical (unpaired) electrons. The van der Waals surface area contributed by atoms with E-state index in [-0.39, 0.29) is 0 Å². The van der Waals surface area contributed by atoms with E-state index >= 15 is 0 Å². The molecule has 2 heterocycles. The number of anilines is 1. The van der Waals surface area contributed by atoms with E-state index in [1.807, 2.05) is 72.8 Å². The molecule has 0 bridgehead atoms. The average molecular weight is 544 g/mol. The molecule has 3 N–H and O–H groups in total. The predicted octanol–water partition coefficient (Wildman–Crippen LogP) is 8.45. The number of para-hydroxylation sites is 4. The van der Waals surface area contributed by atoms with Crippen LogP contribution in [0.4, 0.5) is 11.4 Å². The normalized spacial score (nSPS) is 11.3. The van der Waals surface area contributed by atoms with Gasteiger partial charge in [0.1, 0.15) is 0 Å². The Kier molecular flexibility index (Phi) is 8.14. The third kappa shape index (κ3) is 6.64. The van der Waals surface area contributed by atoms with Crippen LogP contribution in [0.5, 0.6) is 0 Å². The Balaban J connectivity index is 0.000000152. The second-order valence-electron chi connectivity index (χ2n) is 7.39. The number of benzene rings is 4. The third-order valence-electron chi connectivity index (χ3n) is 4.78. The van der Waals surface area contributed by atoms with Crippen LogP contribution < -0.4 is 11.1 Å². The minimum Gasteiger partial charge on any atom is -0.369 e. The van der Waals surface area contributed by atoms with Crippen molar-refractivity contribution in [2.75, 3.05) is 5.32 Å². The molecule has 178 valence electrons. The van der Waals surface area contributed by atoms with Crippen LogP contribution in [-0.2, 0) is 0 Å². The van der Waals surface area contributed by atoms with E-state index in [1.54, 1.807) is 44.3 Å². The topological polar surface area (TPSA) is 76.2 Å². The van der Waals surface area contributed by atoms with Crippen molar-refractivity contribution < 1.29 is 0 Å². The molecular weight excluding hydrogens is 523 g/mol. The van der Waals surface area contributed by atoms with Gasteiger partial charge in [-0.15, -0.1) is 22.7 Å². The molecule has 0 fully saturated rings. The molecule has 0 aliphatic heterocycles. The summed E-state index contributed by atoms with van der Waals surface area (Å²) in [6, 6.07) is 35.8. The van der Waals surface area contributed by atoms with Crippen LogP contribution >= 0.6 is 44.3 Å². The highest BCUT2D eigenvalue weighted by Gasteiger charge is 2.08. The quantitative estimate of drug-likeness (QED) is 0.129. The molecule has 4 aromatic carbocycles. The van der Waals surface area contributed by atoms with Gasteiger partial charge >= 0.3 is 0 Å². The predicted molar refractivity (Wildman–Crippen MR) is 159 cm³/mol. The number of hydrogen-bond donors (Lipinski definition) is 2. The lowest BCUT2D eigenvalue weighted by Gasteiger charge is -2.04. The molecule has 2 aromatic heterocycles. The zero-order valence-corrected chi connectivity index (χ0v) is 22.2. The summed E-state index contributed by atoms with van der Waals surface area (Å²) in [5.74, 6) is 0.386. The summed E-state index contributed by atoms with van der Waals surface area (Å²) in [7, 11) is 3.37. The number of nitrogens with one attached hydrogen (secondary N) is 1. The number of hydrogen-bond acceptors (Lipinski definition) is 7. The average Bonchev–Trinajstić information content (AvgIpc) is 3.52. The van der Waals surface area contributed by atoms with Crippen LogP contribution in [0.25, 0.3) is 20.4 Å². The highest BCUT2D eigenvalue weighted by atomic mass is 33.1. The Morgan fingerprint density at radius 1 is 0.639 bits per heavy atom. The molecule has 0 amide bonds. The van der Waals surface area contributed by atoms with Crippen molar-refractivity contribution in [1.29, 1.82) is 0 Å². The van der Waals surface area contributed by atoms with Crippen molar-refractivity contribution in [2.24, 2.45) is 10.7 Å². The minimum absolute atomic E-state index is 0.386. The summed E-state index contributed by atoms with van der Waals surface area (Å²) in [5, 5.41) is 3.02. The second kappa shape index (κ2) is 12.0. The lowest BCUT2D eigenvalue weighted by Crippen LogP contribution is -2.21. The number of nitrogens with two attached hydrogens (primary N) is 1. The Labute approximate surface area is 224 Å². The summed E-state index contributed by atoms with van der Waals surface area (Å²) in [4.78, 5) is 13.5. The number of thiazole rings is 2. The molecule has 36 heavy (non-hydrogen) atoms. The molecule has 0 saturated carbocycles. The van der Waals surface area contributed by atoms with E-state index in [4.69, 9.17) is 5.73 Å². The lowest BCUT2D eigenvalue weighted by atomic mass is 10.3. The van der Waals surface area contributed by atoms with Crippen molar-refractivity contribution in [3.05, 3.63) is 109 Å². The van der Waals surface area contributed by atoms with Gasteiger partial charge in [0.2, 0.25) is 0 Å². The number of guanidine groups is 1. The first kappa shape index (κ1) is 24.3. The second-order valence-corrected chi connectivity index (χ2v) is 12.1. The van der Waals surface area contributed by atoms with E-state index in [0.717, 1.165) is 31.1 Å². The summed E-state index contributed by atoms with van der Waals surface area (Å²) in [6.07, 6.45) is 0. The first-order valence-corrected chi connectivity index (χ1v) is 14.8. The van der Waals surface area contributed by atoms with E-state index in [2.05, 4.69) is 56.7 Å². The van der Waals surface area contributed by atoms with Gasteiger partial charge in [0.05, 0.1) is 26.1 Å². The van der Waals surface area contributed by atoms with Gasteiger partial charge in [-0.2, -0.15) is 0 Å². The van der Waals surface area contributed by atoms with Gasteiger partial charge in [0.25, 0.3) is 0 Å². The minimum atomic E-state index is 0.386. The van der Waals surface area contributed by atoms with Gasteiger partial charge in [-0.05, 0) is 70.1 Å². The summed E-state index contributed by atoms with van der Waals surface area (Å²) >= 11 is 3.46. The van der Waals surface area contributed by atoms with E-state index in [9.17, 15) is 0 Å². The van der Waals surface area contributed by atoms with Gasteiger partial charge < -0.3 is 11.1 Å². The van der Waals surface area contributed by atoms with Gasteiger partial charge in [-0.3, -0.25) is 0 Å². The van der Waals surface area contributed by atoms with Gasteiger partial charge in [0, 0.05) is 5.69 Å². The summed E-state index contributed by atoms with van der Waals surface area (Å²) < 4.78 is 4.63. The number of nitrogens with zero attached hydrogens (tertiary/aromatic N) is 3. The fourth-order valence-electron chi connectivity index (χ4n) is 3.18. The molecule has 6 aromatic rings. The van der Waals surface area contributed by atoms with Crippen molar-refractivity contribution in [1.82, 2.24) is 9.97 Å². The SMILES string of the molecule is NC(=Nc1ccccc1)Nc1ccccc1.c1ccc2sc(SSc3nc4ccccc4s3)nc2c1. The van der Waals surface area contributed by atoms with Gasteiger partial charge in [-0.25, -0.2) is 15.0 Å². The lowest BCUT2D eigenvalue weighted by molar-refractivity contribution is 1.31. The van der Waals surface area contributed by atoms with Gasteiger partial charge in [0.15, 0.2) is 14.6 Å². The van der Waals surface area contributed by atoms with E-state index < -0.39 is 0 Å². The summed E-state index contributed by atoms with van der Waals surface area (Å²) in [6.45, 7) is 0. The molecule has 0 aliphatic rings. The zero-order valence-electron chi connectivity index (χ0n) is 18.9. The van der Waals surface area contributed by atoms with Crippen molar-refractivity contribution in [3.63, 3.8) is 0 Å². The Morgan fingerprint density at radius 2 is 1.11 bits per heavy atom. The fraction of sp³-hybridized carbons (Fsp3) is 0. The largest absolute Gasteiger partial charge is 0.369 e. The third-order valence-corrected chi connectivity index (χ3v) is 9.83. The number of rotatable bonds is 5. The number of fused-ring (bicyclic) bond motifs is 2. The first-order chi connectivity index (χ1) is 17.7. The molecule has 9 heteroatoms. The van der Waals surface area contributed by atoms with Crippen molar-refractivity contribution in [2.45, 2.75) is 8.68 Å². The van der Waals surface area contributed by atoms with Crippen LogP contribution in [0, 0.1) is 0 Å². The Hall–Kier alpha value is -3.37. The molecular formula is C27H21N5S4. The van der Waals surface area contributed by atoms with E-state index in [1.165, 1.54) is 9.40 Å². The Bertz CT molecular complexity index is 1440. The summed E-state index contributed by atoms with van der Waals surface area (Å²) in [5.41, 5.74) is 9.69. The van der Waals surface area contributed by atoms with Crippen molar-refractivity contribution >= 4 is 82.0 Å². The maximum atomic E-state index is 5.78. The molecule has 0 spiro atoms. The van der Waals surface area contributed by atoms with Crippen LogP contribution in [0.15, 0.2) is 123 Å². The van der Waals surface area contributed by atoms with Crippen LogP contribution in [0.1, 0.15) is 0 Å². The highest BCUT2D eigenvalue weighted by Crippen LogP contribution is 2.43. The first-order valence-electron chi connectivity index (χ1n) is 11.0. The van der Waals surface area contributed by atoms with Crippen LogP contribution in [0.2, 0.25) is 0 Å². The standard InChI is InChI=1S/C14H8N2S4.C13H13N3/c1-3-7-11-9(5-1)15-13(17-11)19-20-14-16-10-6-2-4-8-12(10)18-14;14-13(15-11-7-3-1-4-8-11)16-12-9-5-2-6-10-12/h1-8H;1-10H,(H3,14,15,16). The maximum absolute atomic E-state index is 5.78. The fourth-order valence-corrected chi connectivity index (χ4v) is 7.68.